The van der Waals surface area contributed by atoms with E-state index in [2.05, 4.69) is 0 Å². The molecule has 0 amide bonds. The minimum Gasteiger partial charge on any atom is -1.00 e. The van der Waals surface area contributed by atoms with Crippen LogP contribution in [0.15, 0.2) is 0 Å². The highest BCUT2D eigenvalue weighted by molar-refractivity contribution is 4.65. The summed E-state index contributed by atoms with van der Waals surface area (Å²) in [5.74, 6) is 0. The second-order valence-electron chi connectivity index (χ2n) is 2.33. The van der Waals surface area contributed by atoms with E-state index < -0.39 is 0 Å². The molecule has 0 aliphatic carbocycles. The SMILES string of the molecule is O[C@H]1C[NH2+][C@@H](C[OH2+])C1.[Cl-]. The summed E-state index contributed by atoms with van der Waals surface area (Å²) in [6.07, 6.45) is 0.661. The highest BCUT2D eigenvalue weighted by Gasteiger charge is 2.26. The smallest absolute Gasteiger partial charge is 0.196 e. The minimum absolute atomic E-state index is 0. The Hall–Kier alpha value is 0.170. The van der Waals surface area contributed by atoms with E-state index in [1.54, 1.807) is 0 Å². The first kappa shape index (κ1) is 9.17. The summed E-state index contributed by atoms with van der Waals surface area (Å²) < 4.78 is 0. The van der Waals surface area contributed by atoms with Gasteiger partial charge in [-0.1, -0.05) is 0 Å². The lowest BCUT2D eigenvalue weighted by atomic mass is 10.2. The zero-order valence-electron chi connectivity index (χ0n) is 5.18. The molecule has 0 unspecified atom stereocenters. The average Bonchev–Trinajstić information content (AvgIpc) is 2.14. The number of halogens is 1. The summed E-state index contributed by atoms with van der Waals surface area (Å²) in [6.45, 7) is 1.24. The van der Waals surface area contributed by atoms with Gasteiger partial charge in [-0.05, 0) is 0 Å². The molecule has 1 rings (SSSR count). The lowest BCUT2D eigenvalue weighted by Crippen LogP contribution is -3.00. The van der Waals surface area contributed by atoms with Gasteiger partial charge in [0, 0.05) is 6.42 Å². The highest BCUT2D eigenvalue weighted by atomic mass is 35.5. The summed E-state index contributed by atoms with van der Waals surface area (Å²) >= 11 is 0. The van der Waals surface area contributed by atoms with E-state index >= 15 is 0 Å². The van der Waals surface area contributed by atoms with Crippen LogP contribution in [0, 0.1) is 0 Å². The molecule has 56 valence electrons. The number of hydrogen-bond donors (Lipinski definition) is 2. The average molecular weight is 155 g/mol. The quantitative estimate of drug-likeness (QED) is 0.364. The van der Waals surface area contributed by atoms with Gasteiger partial charge >= 0.3 is 0 Å². The topological polar surface area (TPSA) is 59.7 Å². The predicted octanol–water partition coefficient (Wildman–Crippen LogP) is -5.59. The molecule has 0 radical (unpaired) electrons. The standard InChI is InChI=1S/C5H11NO2.ClH/c7-3-4-1-5(8)2-6-4;/h4-8H,1-3H2;1H/p+1/t4-,5-;/m1./s1. The van der Waals surface area contributed by atoms with Crippen LogP contribution in [-0.4, -0.2) is 35.5 Å². The zero-order chi connectivity index (χ0) is 5.98. The van der Waals surface area contributed by atoms with Gasteiger partial charge in [0.2, 0.25) is 0 Å². The second-order valence-corrected chi connectivity index (χ2v) is 2.33. The van der Waals surface area contributed by atoms with Crippen molar-refractivity contribution in [2.45, 2.75) is 18.6 Å². The maximum atomic E-state index is 8.92. The number of aliphatic hydroxyl groups excluding tert-OH is 1. The van der Waals surface area contributed by atoms with Crippen molar-refractivity contribution in [2.75, 3.05) is 13.2 Å². The molecule has 0 aromatic carbocycles. The molecule has 1 aliphatic rings. The Morgan fingerprint density at radius 3 is 2.56 bits per heavy atom. The van der Waals surface area contributed by atoms with Crippen molar-refractivity contribution in [3.8, 4) is 0 Å². The van der Waals surface area contributed by atoms with Gasteiger partial charge in [0.05, 0.1) is 0 Å². The number of hydrogen-bond acceptors (Lipinski definition) is 1. The largest absolute Gasteiger partial charge is 1.00 e. The van der Waals surface area contributed by atoms with Gasteiger partial charge < -0.3 is 27.9 Å². The lowest BCUT2D eigenvalue weighted by molar-refractivity contribution is -0.673. The fraction of sp³-hybridized carbons (Fsp3) is 1.00. The van der Waals surface area contributed by atoms with Crippen molar-refractivity contribution in [2.24, 2.45) is 0 Å². The van der Waals surface area contributed by atoms with Crippen molar-refractivity contribution in [3.05, 3.63) is 0 Å². The predicted molar refractivity (Wildman–Crippen MR) is 29.7 cm³/mol. The van der Waals surface area contributed by atoms with Crippen LogP contribution in [0.5, 0.6) is 0 Å². The molecule has 1 heterocycles. The van der Waals surface area contributed by atoms with Gasteiger partial charge in [0.1, 0.15) is 12.6 Å². The summed E-state index contributed by atoms with van der Waals surface area (Å²) in [5, 5.41) is 17.9. The Morgan fingerprint density at radius 2 is 2.33 bits per heavy atom. The van der Waals surface area contributed by atoms with Crippen LogP contribution in [-0.2, 0) is 0 Å². The van der Waals surface area contributed by atoms with Gasteiger partial charge in [-0.3, -0.25) is 0 Å². The van der Waals surface area contributed by atoms with Gasteiger partial charge in [-0.2, -0.15) is 0 Å². The monoisotopic (exact) mass is 154 g/mol. The molecule has 2 atom stereocenters. The fourth-order valence-electron chi connectivity index (χ4n) is 1.06. The first-order valence-corrected chi connectivity index (χ1v) is 2.99. The molecular weight excluding hydrogens is 142 g/mol. The second kappa shape index (κ2) is 4.06. The first-order chi connectivity index (χ1) is 3.83. The van der Waals surface area contributed by atoms with Crippen LogP contribution in [0.3, 0.4) is 0 Å². The van der Waals surface area contributed by atoms with Crippen molar-refractivity contribution in [1.82, 2.24) is 0 Å². The number of aliphatic hydroxyl groups is 1. The van der Waals surface area contributed by atoms with Crippen molar-refractivity contribution >= 4 is 0 Å². The van der Waals surface area contributed by atoms with E-state index in [1.165, 1.54) is 0 Å². The Bertz CT molecular complexity index is 81.4. The molecule has 0 saturated carbocycles. The molecule has 0 bridgehead atoms. The fourth-order valence-corrected chi connectivity index (χ4v) is 1.06. The molecule has 0 aromatic rings. The molecule has 1 fully saturated rings. The number of nitrogens with two attached hydrogens (primary N) is 1. The summed E-state index contributed by atoms with van der Waals surface area (Å²) in [5.41, 5.74) is 0. The Balaban J connectivity index is 0.000000640. The van der Waals surface area contributed by atoms with Crippen LogP contribution in [0.4, 0.5) is 0 Å². The zero-order valence-corrected chi connectivity index (χ0v) is 5.93. The van der Waals surface area contributed by atoms with Gasteiger partial charge in [-0.15, -0.1) is 0 Å². The first-order valence-electron chi connectivity index (χ1n) is 2.99. The van der Waals surface area contributed by atoms with Crippen LogP contribution in [0.2, 0.25) is 0 Å². The summed E-state index contributed by atoms with van der Waals surface area (Å²) in [6, 6.07) is 0.366. The highest BCUT2D eigenvalue weighted by Crippen LogP contribution is 1.96. The van der Waals surface area contributed by atoms with Crippen LogP contribution < -0.4 is 17.7 Å². The lowest BCUT2D eigenvalue weighted by Gasteiger charge is -1.94. The third kappa shape index (κ3) is 2.49. The maximum Gasteiger partial charge on any atom is 0.196 e. The third-order valence-electron chi connectivity index (χ3n) is 1.58. The van der Waals surface area contributed by atoms with Crippen LogP contribution in [0.25, 0.3) is 0 Å². The minimum atomic E-state index is -0.148. The van der Waals surface area contributed by atoms with Crippen LogP contribution >= 0.6 is 0 Å². The Morgan fingerprint density at radius 1 is 1.67 bits per heavy atom. The molecule has 3 nitrogen and oxygen atoms in total. The number of quaternary nitrogens is 1. The van der Waals surface area contributed by atoms with E-state index in [4.69, 9.17) is 10.2 Å². The molecule has 1 saturated heterocycles. The normalized spacial score (nSPS) is 34.0. The Labute approximate surface area is 60.5 Å². The van der Waals surface area contributed by atoms with Crippen molar-refractivity contribution in [1.29, 1.82) is 0 Å². The van der Waals surface area contributed by atoms with E-state index in [1.807, 2.05) is 5.32 Å². The molecule has 1 aliphatic heterocycles. The molecule has 5 N–H and O–H groups in total. The van der Waals surface area contributed by atoms with Gasteiger partial charge in [0.15, 0.2) is 12.6 Å². The van der Waals surface area contributed by atoms with E-state index in [0.717, 1.165) is 13.0 Å². The maximum absolute atomic E-state index is 8.92. The van der Waals surface area contributed by atoms with Gasteiger partial charge in [-0.25, -0.2) is 0 Å². The van der Waals surface area contributed by atoms with Crippen molar-refractivity contribution < 1.29 is 27.9 Å². The van der Waals surface area contributed by atoms with Crippen LogP contribution in [0.1, 0.15) is 6.42 Å². The molecule has 0 aromatic heterocycles. The molecule has 9 heavy (non-hydrogen) atoms. The summed E-state index contributed by atoms with van der Waals surface area (Å²) in [7, 11) is 0. The van der Waals surface area contributed by atoms with E-state index in [9.17, 15) is 0 Å². The van der Waals surface area contributed by atoms with E-state index in [-0.39, 0.29) is 18.5 Å². The molecule has 0 spiro atoms. The molecule has 4 heteroatoms. The third-order valence-corrected chi connectivity index (χ3v) is 1.58. The summed E-state index contributed by atoms with van der Waals surface area (Å²) in [4.78, 5) is 0. The van der Waals surface area contributed by atoms with Gasteiger partial charge in [0.25, 0.3) is 0 Å². The number of rotatable bonds is 1. The van der Waals surface area contributed by atoms with Crippen molar-refractivity contribution in [3.63, 3.8) is 0 Å². The van der Waals surface area contributed by atoms with E-state index in [0.29, 0.717) is 12.6 Å². The Kier molecular flexibility index (Phi) is 4.14. The molecular formula is C5H13ClNO2+.